The Kier molecular flexibility index (Phi) is 41.9. The summed E-state index contributed by atoms with van der Waals surface area (Å²) in [5.74, 6) is -0.107. The lowest BCUT2D eigenvalue weighted by Gasteiger charge is -2.21. The highest BCUT2D eigenvalue weighted by Gasteiger charge is 2.13. The number of hydrogen-bond acceptors (Lipinski definition) is 8. The molecule has 0 fully saturated rings. The van der Waals surface area contributed by atoms with Gasteiger partial charge in [0.2, 0.25) is 0 Å². The second-order valence-corrected chi connectivity index (χ2v) is 16.0. The van der Waals surface area contributed by atoms with Gasteiger partial charge in [0.1, 0.15) is 0 Å². The minimum absolute atomic E-state index is 0.0533. The van der Waals surface area contributed by atoms with E-state index in [0.29, 0.717) is 12.8 Å². The van der Waals surface area contributed by atoms with Crippen LogP contribution in [0.1, 0.15) is 233 Å². The fraction of sp³-hybridized carbons (Fsp3) is 0.957. The zero-order valence-electron chi connectivity index (χ0n) is 36.7. The van der Waals surface area contributed by atoms with Crippen molar-refractivity contribution in [1.82, 2.24) is 15.0 Å². The number of rotatable bonds is 44. The summed E-state index contributed by atoms with van der Waals surface area (Å²) in [6.07, 6.45) is 36.4. The van der Waals surface area contributed by atoms with E-state index in [9.17, 15) is 14.7 Å². The molecule has 0 aliphatic heterocycles. The predicted octanol–water partition coefficient (Wildman–Crippen LogP) is 12.4. The van der Waals surface area contributed by atoms with Gasteiger partial charge in [-0.05, 0) is 64.5 Å². The van der Waals surface area contributed by atoms with Crippen LogP contribution in [0.25, 0.3) is 0 Å². The van der Waals surface area contributed by atoms with E-state index in [1.807, 2.05) is 10.1 Å². The van der Waals surface area contributed by atoms with Gasteiger partial charge in [0, 0.05) is 45.6 Å². The molecule has 0 aromatic carbocycles. The molecule has 0 aromatic heterocycles. The van der Waals surface area contributed by atoms with Gasteiger partial charge in [0.15, 0.2) is 0 Å². The summed E-state index contributed by atoms with van der Waals surface area (Å²) in [6.45, 7) is 15.5. The van der Waals surface area contributed by atoms with Gasteiger partial charge in [-0.25, -0.2) is 0 Å². The molecule has 0 radical (unpaired) electrons. The van der Waals surface area contributed by atoms with Crippen molar-refractivity contribution < 1.29 is 24.4 Å². The molecular formula is C46H93N3O5. The van der Waals surface area contributed by atoms with Crippen LogP contribution < -0.4 is 0 Å². The molecule has 0 heterocycles. The standard InChI is InChI=1S/C46H93N3O5/c1-5-9-13-31-39-48(40-32-14-10-6-2)53-45(51)35-27-23-19-17-21-25-29-37-47(43-44-50)38-30-26-22-18-20-24-28-36-46(52)54-49(41-33-15-11-7-3)42-34-16-12-8-4/h50H,5-44H2,1-4H3. The molecule has 0 saturated carbocycles. The summed E-state index contributed by atoms with van der Waals surface area (Å²) in [7, 11) is 0. The van der Waals surface area contributed by atoms with Crippen LogP contribution in [0.15, 0.2) is 0 Å². The van der Waals surface area contributed by atoms with Gasteiger partial charge in [-0.1, -0.05) is 169 Å². The minimum atomic E-state index is -0.0533. The van der Waals surface area contributed by atoms with Gasteiger partial charge < -0.3 is 19.7 Å². The van der Waals surface area contributed by atoms with Gasteiger partial charge in [0.25, 0.3) is 0 Å². The minimum Gasteiger partial charge on any atom is -0.395 e. The second kappa shape index (κ2) is 42.9. The van der Waals surface area contributed by atoms with Crippen molar-refractivity contribution in [3.8, 4) is 0 Å². The first-order chi connectivity index (χ1) is 26.5. The topological polar surface area (TPSA) is 82.6 Å². The number of unbranched alkanes of at least 4 members (excludes halogenated alkanes) is 24. The van der Waals surface area contributed by atoms with Gasteiger partial charge in [-0.15, -0.1) is 10.1 Å². The highest BCUT2D eigenvalue weighted by atomic mass is 16.7. The third kappa shape index (κ3) is 37.7. The molecule has 0 spiro atoms. The molecule has 0 aliphatic carbocycles. The quantitative estimate of drug-likeness (QED) is 0.0485. The third-order valence-electron chi connectivity index (χ3n) is 10.6. The van der Waals surface area contributed by atoms with Crippen LogP contribution in [0.2, 0.25) is 0 Å². The van der Waals surface area contributed by atoms with Crippen LogP contribution >= 0.6 is 0 Å². The lowest BCUT2D eigenvalue weighted by atomic mass is 10.1. The van der Waals surface area contributed by atoms with E-state index in [4.69, 9.17) is 9.68 Å². The number of hydroxylamine groups is 4. The molecular weight excluding hydrogens is 675 g/mol. The Bertz CT molecular complexity index is 701. The van der Waals surface area contributed by atoms with Gasteiger partial charge in [0.05, 0.1) is 6.61 Å². The van der Waals surface area contributed by atoms with Crippen molar-refractivity contribution in [2.75, 3.05) is 52.4 Å². The Labute approximate surface area is 336 Å². The van der Waals surface area contributed by atoms with E-state index in [-0.39, 0.29) is 18.5 Å². The molecule has 8 heteroatoms. The molecule has 1 N–H and O–H groups in total. The number of hydrogen-bond donors (Lipinski definition) is 1. The fourth-order valence-electron chi connectivity index (χ4n) is 7.10. The molecule has 0 bridgehead atoms. The highest BCUT2D eigenvalue weighted by molar-refractivity contribution is 5.69. The maximum absolute atomic E-state index is 12.5. The average Bonchev–Trinajstić information content (AvgIpc) is 3.16. The van der Waals surface area contributed by atoms with Crippen molar-refractivity contribution in [1.29, 1.82) is 0 Å². The van der Waals surface area contributed by atoms with E-state index in [1.165, 1.54) is 141 Å². The molecule has 0 rings (SSSR count). The zero-order chi connectivity index (χ0) is 39.6. The summed E-state index contributed by atoms with van der Waals surface area (Å²) in [5.41, 5.74) is 0. The lowest BCUT2D eigenvalue weighted by Crippen LogP contribution is -2.29. The smallest absolute Gasteiger partial charge is 0.325 e. The Hall–Kier alpha value is -1.22. The van der Waals surface area contributed by atoms with Gasteiger partial charge in [-0.3, -0.25) is 9.59 Å². The highest BCUT2D eigenvalue weighted by Crippen LogP contribution is 2.14. The van der Waals surface area contributed by atoms with Crippen molar-refractivity contribution >= 4 is 11.9 Å². The summed E-state index contributed by atoms with van der Waals surface area (Å²) in [4.78, 5) is 39.0. The second-order valence-electron chi connectivity index (χ2n) is 16.0. The number of aliphatic hydroxyl groups is 1. The predicted molar refractivity (Wildman–Crippen MR) is 229 cm³/mol. The monoisotopic (exact) mass is 768 g/mol. The maximum Gasteiger partial charge on any atom is 0.325 e. The Morgan fingerprint density at radius 2 is 0.611 bits per heavy atom. The first-order valence-electron chi connectivity index (χ1n) is 23.7. The SMILES string of the molecule is CCCCCCN(CCCCCC)OC(=O)CCCCCCCCCN(CCO)CCCCCCCCCC(=O)ON(CCCCCC)CCCCCC. The van der Waals surface area contributed by atoms with Crippen LogP contribution in [-0.4, -0.2) is 84.5 Å². The number of carbonyl (C=O) groups excluding carboxylic acids is 2. The zero-order valence-corrected chi connectivity index (χ0v) is 36.7. The summed E-state index contributed by atoms with van der Waals surface area (Å²) >= 11 is 0. The van der Waals surface area contributed by atoms with Crippen LogP contribution in [-0.2, 0) is 19.3 Å². The van der Waals surface area contributed by atoms with E-state index in [2.05, 4.69) is 32.6 Å². The van der Waals surface area contributed by atoms with Crippen LogP contribution in [0.5, 0.6) is 0 Å². The van der Waals surface area contributed by atoms with Crippen LogP contribution in [0.4, 0.5) is 0 Å². The Balaban J connectivity index is 3.94. The van der Waals surface area contributed by atoms with Crippen molar-refractivity contribution in [3.05, 3.63) is 0 Å². The largest absolute Gasteiger partial charge is 0.395 e. The fourth-order valence-corrected chi connectivity index (χ4v) is 7.10. The normalized spacial score (nSPS) is 11.7. The molecule has 8 nitrogen and oxygen atoms in total. The summed E-state index contributed by atoms with van der Waals surface area (Å²) < 4.78 is 0. The Morgan fingerprint density at radius 3 is 0.907 bits per heavy atom. The molecule has 0 aromatic rings. The third-order valence-corrected chi connectivity index (χ3v) is 10.6. The van der Waals surface area contributed by atoms with E-state index >= 15 is 0 Å². The first-order valence-corrected chi connectivity index (χ1v) is 23.7. The number of nitrogens with zero attached hydrogens (tertiary/aromatic N) is 3. The van der Waals surface area contributed by atoms with Crippen molar-refractivity contribution in [2.45, 2.75) is 233 Å². The maximum atomic E-state index is 12.5. The first kappa shape index (κ1) is 52.8. The van der Waals surface area contributed by atoms with E-state index in [0.717, 1.165) is 97.2 Å². The van der Waals surface area contributed by atoms with Gasteiger partial charge >= 0.3 is 11.9 Å². The lowest BCUT2D eigenvalue weighted by molar-refractivity contribution is -0.192. The molecule has 0 unspecified atom stereocenters. The van der Waals surface area contributed by atoms with E-state index in [1.54, 1.807) is 0 Å². The molecule has 0 aliphatic rings. The van der Waals surface area contributed by atoms with Crippen LogP contribution in [0.3, 0.4) is 0 Å². The molecule has 0 atom stereocenters. The van der Waals surface area contributed by atoms with Crippen LogP contribution in [0, 0.1) is 0 Å². The van der Waals surface area contributed by atoms with Crippen molar-refractivity contribution in [2.24, 2.45) is 0 Å². The summed E-state index contributed by atoms with van der Waals surface area (Å²) in [6, 6.07) is 0. The number of aliphatic hydroxyl groups excluding tert-OH is 1. The van der Waals surface area contributed by atoms with Gasteiger partial charge in [-0.2, -0.15) is 0 Å². The number of carbonyl (C=O) groups is 2. The summed E-state index contributed by atoms with van der Waals surface area (Å²) in [5, 5.41) is 13.5. The average molecular weight is 768 g/mol. The molecule has 54 heavy (non-hydrogen) atoms. The Morgan fingerprint density at radius 1 is 0.352 bits per heavy atom. The molecule has 0 saturated heterocycles. The molecule has 0 amide bonds. The molecule has 322 valence electrons. The van der Waals surface area contributed by atoms with E-state index < -0.39 is 0 Å². The van der Waals surface area contributed by atoms with Crippen molar-refractivity contribution in [3.63, 3.8) is 0 Å².